The lowest BCUT2D eigenvalue weighted by atomic mass is 10.0. The van der Waals surface area contributed by atoms with Crippen molar-refractivity contribution in [3.63, 3.8) is 0 Å². The van der Waals surface area contributed by atoms with Crippen molar-refractivity contribution < 1.29 is 19.4 Å². The Hall–Kier alpha value is -3.02. The van der Waals surface area contributed by atoms with Crippen LogP contribution in [0.5, 0.6) is 5.75 Å². The number of fused-ring (bicyclic) bond motifs is 1. The highest BCUT2D eigenvalue weighted by Gasteiger charge is 2.21. The molecule has 2 heterocycles. The van der Waals surface area contributed by atoms with E-state index in [0.29, 0.717) is 28.2 Å². The molecule has 0 aliphatic rings. The van der Waals surface area contributed by atoms with Crippen molar-refractivity contribution in [3.05, 3.63) is 51.9 Å². The van der Waals surface area contributed by atoms with Crippen LogP contribution in [0.25, 0.3) is 22.3 Å². The summed E-state index contributed by atoms with van der Waals surface area (Å²) in [5, 5.41) is 18.7. The Kier molecular flexibility index (Phi) is 3.21. The molecule has 0 unspecified atom stereocenters. The zero-order chi connectivity index (χ0) is 15.9. The van der Waals surface area contributed by atoms with Crippen molar-refractivity contribution in [2.75, 3.05) is 0 Å². The Morgan fingerprint density at radius 2 is 1.95 bits per heavy atom. The van der Waals surface area contributed by atoms with Crippen LogP contribution in [-0.4, -0.2) is 21.2 Å². The van der Waals surface area contributed by atoms with E-state index in [2.05, 4.69) is 4.98 Å². The van der Waals surface area contributed by atoms with E-state index in [1.54, 1.807) is 25.1 Å². The van der Waals surface area contributed by atoms with Crippen molar-refractivity contribution in [1.82, 2.24) is 4.98 Å². The summed E-state index contributed by atoms with van der Waals surface area (Å²) in [7, 11) is 0. The van der Waals surface area contributed by atoms with Gasteiger partial charge in [-0.1, -0.05) is 0 Å². The number of rotatable bonds is 3. The number of aromatic amines is 1. The van der Waals surface area contributed by atoms with Gasteiger partial charge in [-0.3, -0.25) is 9.59 Å². The number of benzene rings is 1. The number of aliphatic carboxylic acids is 1. The molecule has 3 rings (SSSR count). The third kappa shape index (κ3) is 2.35. The summed E-state index contributed by atoms with van der Waals surface area (Å²) in [6, 6.07) is 7.83. The predicted molar refractivity (Wildman–Crippen MR) is 80.0 cm³/mol. The number of aromatic hydroxyl groups is 1. The van der Waals surface area contributed by atoms with Gasteiger partial charge in [0.25, 0.3) is 5.56 Å². The number of carboxylic acid groups (broad SMARTS) is 1. The van der Waals surface area contributed by atoms with Gasteiger partial charge in [-0.25, -0.2) is 0 Å². The topological polar surface area (TPSA) is 104 Å². The monoisotopic (exact) mass is 299 g/mol. The van der Waals surface area contributed by atoms with Gasteiger partial charge in [0.2, 0.25) is 0 Å². The Bertz CT molecular complexity index is 918. The number of hydrogen-bond acceptors (Lipinski definition) is 4. The predicted octanol–water partition coefficient (Wildman–Crippen LogP) is 2.43. The van der Waals surface area contributed by atoms with E-state index < -0.39 is 5.97 Å². The highest BCUT2D eigenvalue weighted by Crippen LogP contribution is 2.33. The lowest BCUT2D eigenvalue weighted by Gasteiger charge is -2.01. The summed E-state index contributed by atoms with van der Waals surface area (Å²) >= 11 is 0. The smallest absolute Gasteiger partial charge is 0.307 e. The van der Waals surface area contributed by atoms with Gasteiger partial charge in [-0.15, -0.1) is 0 Å². The molecule has 0 aliphatic carbocycles. The minimum Gasteiger partial charge on any atom is -0.508 e. The summed E-state index contributed by atoms with van der Waals surface area (Å²) < 4.78 is 5.72. The van der Waals surface area contributed by atoms with Crippen LogP contribution in [0.1, 0.15) is 11.3 Å². The molecule has 0 atom stereocenters. The number of carboxylic acids is 1. The number of carbonyl (C=O) groups is 1. The first-order valence-corrected chi connectivity index (χ1v) is 6.62. The number of hydrogen-bond donors (Lipinski definition) is 3. The van der Waals surface area contributed by atoms with E-state index in [0.717, 1.165) is 0 Å². The molecule has 0 amide bonds. The molecule has 0 aliphatic heterocycles. The third-order valence-corrected chi connectivity index (χ3v) is 3.38. The number of phenols is 1. The molecular weight excluding hydrogens is 286 g/mol. The Morgan fingerprint density at radius 1 is 1.27 bits per heavy atom. The normalized spacial score (nSPS) is 11.0. The summed E-state index contributed by atoms with van der Waals surface area (Å²) in [5.41, 5.74) is 1.53. The maximum atomic E-state index is 12.2. The first-order valence-electron chi connectivity index (χ1n) is 6.62. The van der Waals surface area contributed by atoms with Crippen molar-refractivity contribution in [2.24, 2.45) is 0 Å². The summed E-state index contributed by atoms with van der Waals surface area (Å²) in [6.07, 6.45) is -0.324. The van der Waals surface area contributed by atoms with E-state index in [9.17, 15) is 14.7 Å². The molecule has 6 heteroatoms. The number of aromatic nitrogens is 1. The molecular formula is C16H13NO5. The van der Waals surface area contributed by atoms with Crippen LogP contribution < -0.4 is 5.56 Å². The van der Waals surface area contributed by atoms with Crippen LogP contribution in [0.4, 0.5) is 0 Å². The van der Waals surface area contributed by atoms with Gasteiger partial charge in [-0.05, 0) is 31.2 Å². The lowest BCUT2D eigenvalue weighted by molar-refractivity contribution is -0.136. The number of furan rings is 1. The van der Waals surface area contributed by atoms with Crippen LogP contribution in [-0.2, 0) is 11.2 Å². The van der Waals surface area contributed by atoms with Crippen LogP contribution in [0.3, 0.4) is 0 Å². The van der Waals surface area contributed by atoms with Gasteiger partial charge in [0, 0.05) is 22.9 Å². The summed E-state index contributed by atoms with van der Waals surface area (Å²) in [5.74, 6) is -0.635. The zero-order valence-corrected chi connectivity index (χ0v) is 11.7. The molecule has 0 fully saturated rings. The molecule has 0 radical (unpaired) electrons. The SMILES string of the molecule is Cc1cc2oc(-c3ccc(O)cc3)c(CC(=O)O)c2c(=O)[nH]1. The summed E-state index contributed by atoms with van der Waals surface area (Å²) in [6.45, 7) is 1.72. The maximum absolute atomic E-state index is 12.2. The van der Waals surface area contributed by atoms with Crippen LogP contribution in [0.15, 0.2) is 39.5 Å². The van der Waals surface area contributed by atoms with E-state index in [1.807, 2.05) is 0 Å². The quantitative estimate of drug-likeness (QED) is 0.689. The Morgan fingerprint density at radius 3 is 2.59 bits per heavy atom. The minimum atomic E-state index is -1.05. The summed E-state index contributed by atoms with van der Waals surface area (Å²) in [4.78, 5) is 25.9. The number of aryl methyl sites for hydroxylation is 1. The fraction of sp³-hybridized carbons (Fsp3) is 0.125. The molecule has 2 aromatic heterocycles. The molecule has 22 heavy (non-hydrogen) atoms. The van der Waals surface area contributed by atoms with Gasteiger partial charge in [0.05, 0.1) is 11.8 Å². The highest BCUT2D eigenvalue weighted by atomic mass is 16.4. The molecule has 1 aromatic carbocycles. The van der Waals surface area contributed by atoms with E-state index in [-0.39, 0.29) is 23.1 Å². The average Bonchev–Trinajstić information content (AvgIpc) is 2.77. The van der Waals surface area contributed by atoms with Crippen LogP contribution >= 0.6 is 0 Å². The maximum Gasteiger partial charge on any atom is 0.307 e. The van der Waals surface area contributed by atoms with Crippen LogP contribution in [0, 0.1) is 6.92 Å². The van der Waals surface area contributed by atoms with Crippen LogP contribution in [0.2, 0.25) is 0 Å². The standard InChI is InChI=1S/C16H13NO5/c1-8-6-12-14(16(21)17-8)11(7-13(19)20)15(22-12)9-2-4-10(18)5-3-9/h2-6,18H,7H2,1H3,(H,17,21)(H,19,20). The third-order valence-electron chi connectivity index (χ3n) is 3.38. The number of pyridine rings is 1. The van der Waals surface area contributed by atoms with Gasteiger partial charge < -0.3 is 19.6 Å². The van der Waals surface area contributed by atoms with Gasteiger partial charge in [0.15, 0.2) is 0 Å². The minimum absolute atomic E-state index is 0.0911. The zero-order valence-electron chi connectivity index (χ0n) is 11.7. The molecule has 6 nitrogen and oxygen atoms in total. The fourth-order valence-electron chi connectivity index (χ4n) is 2.48. The molecule has 0 bridgehead atoms. The van der Waals surface area contributed by atoms with Crippen molar-refractivity contribution >= 4 is 16.9 Å². The Labute approximate surface area is 124 Å². The molecule has 0 spiro atoms. The van der Waals surface area contributed by atoms with Gasteiger partial charge >= 0.3 is 5.97 Å². The number of phenolic OH excluding ortho intramolecular Hbond substituents is 1. The number of nitrogens with one attached hydrogen (secondary N) is 1. The fourth-order valence-corrected chi connectivity index (χ4v) is 2.48. The second-order valence-corrected chi connectivity index (χ2v) is 5.05. The molecule has 0 saturated carbocycles. The Balaban J connectivity index is 2.33. The van der Waals surface area contributed by atoms with Crippen molar-refractivity contribution in [3.8, 4) is 17.1 Å². The van der Waals surface area contributed by atoms with E-state index in [4.69, 9.17) is 9.52 Å². The van der Waals surface area contributed by atoms with Gasteiger partial charge in [0.1, 0.15) is 17.1 Å². The molecule has 3 aromatic rings. The van der Waals surface area contributed by atoms with Gasteiger partial charge in [-0.2, -0.15) is 0 Å². The lowest BCUT2D eigenvalue weighted by Crippen LogP contribution is -2.10. The highest BCUT2D eigenvalue weighted by molar-refractivity contribution is 5.91. The second kappa shape index (κ2) is 5.07. The van der Waals surface area contributed by atoms with E-state index >= 15 is 0 Å². The van der Waals surface area contributed by atoms with Crippen molar-refractivity contribution in [1.29, 1.82) is 0 Å². The molecule has 3 N–H and O–H groups in total. The van der Waals surface area contributed by atoms with Crippen molar-refractivity contribution in [2.45, 2.75) is 13.3 Å². The second-order valence-electron chi connectivity index (χ2n) is 5.05. The molecule has 112 valence electrons. The first kappa shape index (κ1) is 13.9. The van der Waals surface area contributed by atoms with E-state index in [1.165, 1.54) is 12.1 Å². The molecule has 0 saturated heterocycles. The average molecular weight is 299 g/mol. The largest absolute Gasteiger partial charge is 0.508 e. The number of H-pyrrole nitrogens is 1. The first-order chi connectivity index (χ1) is 10.5.